The van der Waals surface area contributed by atoms with Crippen molar-refractivity contribution in [2.24, 2.45) is 0 Å². The number of nitrogens with zero attached hydrogens (tertiary/aromatic N) is 1. The number of benzene rings is 2. The summed E-state index contributed by atoms with van der Waals surface area (Å²) in [6, 6.07) is 18.2. The highest BCUT2D eigenvalue weighted by molar-refractivity contribution is 8.19. The molecule has 1 aliphatic heterocycles. The molecular formula is C21H12NO5S-. The number of aromatic carboxylic acids is 1. The molecule has 7 heteroatoms. The fourth-order valence-electron chi connectivity index (χ4n) is 2.75. The van der Waals surface area contributed by atoms with Crippen LogP contribution < -0.4 is 10.0 Å². The van der Waals surface area contributed by atoms with E-state index in [-0.39, 0.29) is 15.7 Å². The lowest BCUT2D eigenvalue weighted by Gasteiger charge is -2.11. The van der Waals surface area contributed by atoms with Crippen molar-refractivity contribution >= 4 is 40.6 Å². The number of carboxylic acid groups (broad SMARTS) is 1. The SMILES string of the molecule is O=C([O-])c1ccc(-c2ccc(/C=C3/SC(=O)N(c4ccccc4)C3=O)o2)cc1. The molecule has 1 fully saturated rings. The molecule has 0 atom stereocenters. The quantitative estimate of drug-likeness (QED) is 0.633. The van der Waals surface area contributed by atoms with E-state index in [1.165, 1.54) is 18.2 Å². The van der Waals surface area contributed by atoms with Crippen molar-refractivity contribution in [1.82, 2.24) is 0 Å². The van der Waals surface area contributed by atoms with Crippen molar-refractivity contribution in [2.75, 3.05) is 4.90 Å². The lowest BCUT2D eigenvalue weighted by Crippen LogP contribution is -2.27. The number of hydrogen-bond acceptors (Lipinski definition) is 6. The van der Waals surface area contributed by atoms with Crippen molar-refractivity contribution in [3.05, 3.63) is 83.0 Å². The number of hydrogen-bond donors (Lipinski definition) is 0. The fraction of sp³-hybridized carbons (Fsp3) is 0. The van der Waals surface area contributed by atoms with Gasteiger partial charge in [0.1, 0.15) is 11.5 Å². The Kier molecular flexibility index (Phi) is 4.58. The number of thioether (sulfide) groups is 1. The van der Waals surface area contributed by atoms with E-state index in [0.717, 1.165) is 16.7 Å². The average molecular weight is 390 g/mol. The number of carbonyl (C=O) groups excluding carboxylic acids is 3. The van der Waals surface area contributed by atoms with Gasteiger partial charge in [-0.25, -0.2) is 4.90 Å². The Labute approximate surface area is 164 Å². The second-order valence-electron chi connectivity index (χ2n) is 5.92. The maximum absolute atomic E-state index is 12.6. The van der Waals surface area contributed by atoms with Gasteiger partial charge in [0.05, 0.1) is 16.6 Å². The third-order valence-electron chi connectivity index (χ3n) is 4.11. The molecule has 1 aromatic heterocycles. The van der Waals surface area contributed by atoms with Gasteiger partial charge in [-0.3, -0.25) is 9.59 Å². The summed E-state index contributed by atoms with van der Waals surface area (Å²) < 4.78 is 5.72. The molecule has 28 heavy (non-hydrogen) atoms. The van der Waals surface area contributed by atoms with Gasteiger partial charge in [-0.15, -0.1) is 0 Å². The van der Waals surface area contributed by atoms with Crippen LogP contribution >= 0.6 is 11.8 Å². The Morgan fingerprint density at radius 3 is 2.36 bits per heavy atom. The summed E-state index contributed by atoms with van der Waals surface area (Å²) in [7, 11) is 0. The zero-order chi connectivity index (χ0) is 19.7. The molecule has 2 amide bonds. The first-order chi connectivity index (χ1) is 13.5. The maximum Gasteiger partial charge on any atom is 0.298 e. The molecular weight excluding hydrogens is 378 g/mol. The summed E-state index contributed by atoms with van der Waals surface area (Å²) in [5, 5.41) is 10.5. The zero-order valence-corrected chi connectivity index (χ0v) is 15.1. The number of furan rings is 1. The van der Waals surface area contributed by atoms with E-state index in [2.05, 4.69) is 0 Å². The standard InChI is InChI=1S/C21H13NO5S/c23-19-18(28-21(26)22(19)15-4-2-1-3-5-15)12-16-10-11-17(27-16)13-6-8-14(9-7-13)20(24)25/h1-12H,(H,24,25)/p-1/b18-12+. The fourth-order valence-corrected chi connectivity index (χ4v) is 3.57. The summed E-state index contributed by atoms with van der Waals surface area (Å²) in [6.45, 7) is 0. The first kappa shape index (κ1) is 17.8. The van der Waals surface area contributed by atoms with Gasteiger partial charge in [0.2, 0.25) is 0 Å². The van der Waals surface area contributed by atoms with Gasteiger partial charge in [0, 0.05) is 11.6 Å². The molecule has 0 bridgehead atoms. The molecule has 0 saturated carbocycles. The molecule has 4 rings (SSSR count). The minimum absolute atomic E-state index is 0.0742. The van der Waals surface area contributed by atoms with E-state index in [1.807, 2.05) is 6.07 Å². The van der Waals surface area contributed by atoms with Crippen LogP contribution in [0, 0.1) is 0 Å². The molecule has 1 aliphatic rings. The molecule has 3 aromatic rings. The van der Waals surface area contributed by atoms with Gasteiger partial charge in [0.25, 0.3) is 11.1 Å². The van der Waals surface area contributed by atoms with Crippen LogP contribution in [0.4, 0.5) is 10.5 Å². The minimum atomic E-state index is -1.25. The maximum atomic E-state index is 12.6. The van der Waals surface area contributed by atoms with Crippen LogP contribution in [0.5, 0.6) is 0 Å². The van der Waals surface area contributed by atoms with Crippen LogP contribution in [0.2, 0.25) is 0 Å². The molecule has 0 unspecified atom stereocenters. The summed E-state index contributed by atoms with van der Waals surface area (Å²) in [4.78, 5) is 37.1. The Morgan fingerprint density at radius 1 is 0.964 bits per heavy atom. The molecule has 2 heterocycles. The second kappa shape index (κ2) is 7.21. The van der Waals surface area contributed by atoms with Gasteiger partial charge in [-0.05, 0) is 41.6 Å². The zero-order valence-electron chi connectivity index (χ0n) is 14.3. The highest BCUT2D eigenvalue weighted by Gasteiger charge is 2.36. The predicted octanol–water partition coefficient (Wildman–Crippen LogP) is 3.55. The molecule has 6 nitrogen and oxygen atoms in total. The van der Waals surface area contributed by atoms with E-state index in [9.17, 15) is 19.5 Å². The lowest BCUT2D eigenvalue weighted by molar-refractivity contribution is -0.255. The summed E-state index contributed by atoms with van der Waals surface area (Å²) in [5.74, 6) is -0.728. The Bertz CT molecular complexity index is 1100. The number of carbonyl (C=O) groups is 3. The topological polar surface area (TPSA) is 90.6 Å². The summed E-state index contributed by atoms with van der Waals surface area (Å²) in [6.07, 6.45) is 1.52. The number of amides is 2. The van der Waals surface area contributed by atoms with Gasteiger partial charge < -0.3 is 14.3 Å². The highest BCUT2D eigenvalue weighted by atomic mass is 32.2. The van der Waals surface area contributed by atoms with Crippen molar-refractivity contribution in [3.8, 4) is 11.3 Å². The summed E-state index contributed by atoms with van der Waals surface area (Å²) >= 11 is 0.848. The first-order valence-corrected chi connectivity index (χ1v) is 9.09. The smallest absolute Gasteiger partial charge is 0.298 e. The van der Waals surface area contributed by atoms with Gasteiger partial charge in [-0.2, -0.15) is 0 Å². The average Bonchev–Trinajstić information content (AvgIpc) is 3.27. The summed E-state index contributed by atoms with van der Waals surface area (Å²) in [5.41, 5.74) is 1.27. The predicted molar refractivity (Wildman–Crippen MR) is 103 cm³/mol. The Balaban J connectivity index is 1.58. The molecule has 0 spiro atoms. The van der Waals surface area contributed by atoms with Gasteiger partial charge >= 0.3 is 0 Å². The lowest BCUT2D eigenvalue weighted by atomic mass is 10.1. The minimum Gasteiger partial charge on any atom is -0.545 e. The highest BCUT2D eigenvalue weighted by Crippen LogP contribution is 2.36. The molecule has 0 aliphatic carbocycles. The van der Waals surface area contributed by atoms with Crippen LogP contribution in [0.1, 0.15) is 16.1 Å². The number of anilines is 1. The molecule has 1 saturated heterocycles. The molecule has 138 valence electrons. The number of carboxylic acids is 1. The molecule has 0 radical (unpaired) electrons. The van der Waals surface area contributed by atoms with Crippen molar-refractivity contribution < 1.29 is 23.9 Å². The Morgan fingerprint density at radius 2 is 1.68 bits per heavy atom. The normalized spacial score (nSPS) is 15.4. The monoisotopic (exact) mass is 390 g/mol. The van der Waals surface area contributed by atoms with Gasteiger partial charge in [0.15, 0.2) is 0 Å². The number of para-hydroxylation sites is 1. The van der Waals surface area contributed by atoms with Crippen LogP contribution in [-0.2, 0) is 4.79 Å². The van der Waals surface area contributed by atoms with Gasteiger partial charge in [-0.1, -0.05) is 42.5 Å². The van der Waals surface area contributed by atoms with E-state index >= 15 is 0 Å². The largest absolute Gasteiger partial charge is 0.545 e. The first-order valence-electron chi connectivity index (χ1n) is 8.27. The van der Waals surface area contributed by atoms with Crippen molar-refractivity contribution in [2.45, 2.75) is 0 Å². The van der Waals surface area contributed by atoms with Crippen LogP contribution in [0.3, 0.4) is 0 Å². The number of imide groups is 1. The van der Waals surface area contributed by atoms with E-state index < -0.39 is 11.9 Å². The van der Waals surface area contributed by atoms with Crippen molar-refractivity contribution in [3.63, 3.8) is 0 Å². The number of rotatable bonds is 4. The van der Waals surface area contributed by atoms with Crippen molar-refractivity contribution in [1.29, 1.82) is 0 Å². The van der Waals surface area contributed by atoms with E-state index in [4.69, 9.17) is 4.42 Å². The van der Waals surface area contributed by atoms with E-state index in [1.54, 1.807) is 48.5 Å². The van der Waals surface area contributed by atoms with Crippen LogP contribution in [0.25, 0.3) is 17.4 Å². The Hall–Kier alpha value is -3.58. The van der Waals surface area contributed by atoms with E-state index in [0.29, 0.717) is 22.8 Å². The third kappa shape index (κ3) is 3.35. The molecule has 2 aromatic carbocycles. The second-order valence-corrected chi connectivity index (χ2v) is 6.91. The van der Waals surface area contributed by atoms with Crippen LogP contribution in [-0.4, -0.2) is 17.1 Å². The third-order valence-corrected chi connectivity index (χ3v) is 4.98. The molecule has 0 N–H and O–H groups in total. The van der Waals surface area contributed by atoms with Crippen LogP contribution in [0.15, 0.2) is 76.1 Å².